The SMILES string of the molecule is CC1CN(C(=O)C2COc3ccccc32)CC(c2ccccc2)O1. The van der Waals surface area contributed by atoms with E-state index >= 15 is 0 Å². The van der Waals surface area contributed by atoms with E-state index in [1.165, 1.54) is 0 Å². The molecule has 0 radical (unpaired) electrons. The highest BCUT2D eigenvalue weighted by Crippen LogP contribution is 2.36. The van der Waals surface area contributed by atoms with Crippen LogP contribution in [0.4, 0.5) is 0 Å². The second-order valence-electron chi connectivity index (χ2n) is 6.49. The van der Waals surface area contributed by atoms with Gasteiger partial charge in [0.05, 0.1) is 12.6 Å². The Morgan fingerprint density at radius 3 is 2.62 bits per heavy atom. The molecule has 4 nitrogen and oxygen atoms in total. The predicted octanol–water partition coefficient (Wildman–Crippen LogP) is 3.15. The molecule has 0 bridgehead atoms. The maximum absolute atomic E-state index is 13.1. The number of amides is 1. The van der Waals surface area contributed by atoms with E-state index in [0.29, 0.717) is 19.7 Å². The van der Waals surface area contributed by atoms with Crippen molar-refractivity contribution in [3.63, 3.8) is 0 Å². The lowest BCUT2D eigenvalue weighted by atomic mass is 9.98. The Kier molecular flexibility index (Phi) is 3.98. The Balaban J connectivity index is 1.54. The van der Waals surface area contributed by atoms with E-state index in [9.17, 15) is 4.79 Å². The van der Waals surface area contributed by atoms with E-state index in [0.717, 1.165) is 16.9 Å². The summed E-state index contributed by atoms with van der Waals surface area (Å²) in [5.74, 6) is 0.760. The minimum atomic E-state index is -0.206. The quantitative estimate of drug-likeness (QED) is 0.852. The first-order chi connectivity index (χ1) is 11.7. The third kappa shape index (κ3) is 2.78. The lowest BCUT2D eigenvalue weighted by Crippen LogP contribution is -2.47. The third-order valence-electron chi connectivity index (χ3n) is 4.74. The molecule has 4 rings (SSSR count). The van der Waals surface area contributed by atoms with Crippen LogP contribution < -0.4 is 4.74 Å². The summed E-state index contributed by atoms with van der Waals surface area (Å²) < 4.78 is 11.7. The van der Waals surface area contributed by atoms with Gasteiger partial charge in [0.1, 0.15) is 24.4 Å². The molecule has 1 amide bonds. The van der Waals surface area contributed by atoms with Crippen molar-refractivity contribution >= 4 is 5.91 Å². The number of benzene rings is 2. The van der Waals surface area contributed by atoms with Gasteiger partial charge in [0.15, 0.2) is 0 Å². The normalized spacial score (nSPS) is 25.9. The van der Waals surface area contributed by atoms with Gasteiger partial charge < -0.3 is 14.4 Å². The summed E-state index contributed by atoms with van der Waals surface area (Å²) in [4.78, 5) is 15.0. The number of morpholine rings is 1. The van der Waals surface area contributed by atoms with Crippen molar-refractivity contribution < 1.29 is 14.3 Å². The number of hydrogen-bond acceptors (Lipinski definition) is 3. The van der Waals surface area contributed by atoms with E-state index in [4.69, 9.17) is 9.47 Å². The predicted molar refractivity (Wildman–Crippen MR) is 91.0 cm³/mol. The van der Waals surface area contributed by atoms with Crippen LogP contribution in [0.15, 0.2) is 54.6 Å². The fourth-order valence-corrected chi connectivity index (χ4v) is 3.57. The molecule has 124 valence electrons. The number of para-hydroxylation sites is 1. The van der Waals surface area contributed by atoms with Crippen LogP contribution in [-0.4, -0.2) is 36.6 Å². The van der Waals surface area contributed by atoms with E-state index in [1.54, 1.807) is 0 Å². The van der Waals surface area contributed by atoms with Gasteiger partial charge in [-0.25, -0.2) is 0 Å². The van der Waals surface area contributed by atoms with Gasteiger partial charge in [-0.1, -0.05) is 48.5 Å². The third-order valence-corrected chi connectivity index (χ3v) is 4.74. The number of ether oxygens (including phenoxy) is 2. The molecule has 0 aliphatic carbocycles. The molecule has 3 atom stereocenters. The number of rotatable bonds is 2. The molecule has 1 fully saturated rings. The van der Waals surface area contributed by atoms with E-state index in [2.05, 4.69) is 12.1 Å². The van der Waals surface area contributed by atoms with Crippen molar-refractivity contribution in [2.24, 2.45) is 0 Å². The monoisotopic (exact) mass is 323 g/mol. The summed E-state index contributed by atoms with van der Waals surface area (Å²) in [6, 6.07) is 17.9. The average Bonchev–Trinajstić information content (AvgIpc) is 3.05. The zero-order chi connectivity index (χ0) is 16.5. The van der Waals surface area contributed by atoms with Gasteiger partial charge in [-0.3, -0.25) is 4.79 Å². The number of hydrogen-bond donors (Lipinski definition) is 0. The Bertz CT molecular complexity index is 731. The first-order valence-corrected chi connectivity index (χ1v) is 8.43. The van der Waals surface area contributed by atoms with Gasteiger partial charge in [-0.2, -0.15) is 0 Å². The summed E-state index contributed by atoms with van der Waals surface area (Å²) in [5.41, 5.74) is 2.11. The van der Waals surface area contributed by atoms with Gasteiger partial charge in [0.2, 0.25) is 5.91 Å². The van der Waals surface area contributed by atoms with Crippen molar-refractivity contribution in [3.05, 3.63) is 65.7 Å². The highest BCUT2D eigenvalue weighted by molar-refractivity contribution is 5.85. The zero-order valence-electron chi connectivity index (χ0n) is 13.7. The van der Waals surface area contributed by atoms with Crippen LogP contribution in [0.3, 0.4) is 0 Å². The van der Waals surface area contributed by atoms with E-state index in [-0.39, 0.29) is 24.0 Å². The van der Waals surface area contributed by atoms with Crippen molar-refractivity contribution in [1.29, 1.82) is 0 Å². The smallest absolute Gasteiger partial charge is 0.233 e. The molecule has 0 spiro atoms. The summed E-state index contributed by atoms with van der Waals surface area (Å²) in [5, 5.41) is 0. The molecule has 4 heteroatoms. The number of carbonyl (C=O) groups excluding carboxylic acids is 1. The summed E-state index contributed by atoms with van der Waals surface area (Å²) in [6.45, 7) is 3.67. The van der Waals surface area contributed by atoms with Gasteiger partial charge in [0.25, 0.3) is 0 Å². The highest BCUT2D eigenvalue weighted by atomic mass is 16.5. The molecule has 2 aromatic carbocycles. The van der Waals surface area contributed by atoms with Crippen LogP contribution in [-0.2, 0) is 9.53 Å². The lowest BCUT2D eigenvalue weighted by molar-refractivity contribution is -0.146. The molecule has 1 saturated heterocycles. The molecule has 0 saturated carbocycles. The van der Waals surface area contributed by atoms with Crippen LogP contribution in [0, 0.1) is 0 Å². The summed E-state index contributed by atoms with van der Waals surface area (Å²) in [6.07, 6.45) is -0.0538. The van der Waals surface area contributed by atoms with Crippen molar-refractivity contribution in [3.8, 4) is 5.75 Å². The van der Waals surface area contributed by atoms with Crippen LogP contribution in [0.5, 0.6) is 5.75 Å². The fourth-order valence-electron chi connectivity index (χ4n) is 3.57. The summed E-state index contributed by atoms with van der Waals surface area (Å²) >= 11 is 0. The molecule has 2 aliphatic rings. The summed E-state index contributed by atoms with van der Waals surface area (Å²) in [7, 11) is 0. The maximum Gasteiger partial charge on any atom is 0.233 e. The van der Waals surface area contributed by atoms with E-state index in [1.807, 2.05) is 54.3 Å². The molecule has 0 N–H and O–H groups in total. The first kappa shape index (κ1) is 15.2. The van der Waals surface area contributed by atoms with Crippen LogP contribution in [0.2, 0.25) is 0 Å². The van der Waals surface area contributed by atoms with Crippen LogP contribution >= 0.6 is 0 Å². The number of fused-ring (bicyclic) bond motifs is 1. The molecule has 2 heterocycles. The molecule has 24 heavy (non-hydrogen) atoms. The maximum atomic E-state index is 13.1. The number of carbonyl (C=O) groups is 1. The Labute approximate surface area is 142 Å². The number of nitrogens with zero attached hydrogens (tertiary/aromatic N) is 1. The van der Waals surface area contributed by atoms with Gasteiger partial charge in [-0.15, -0.1) is 0 Å². The first-order valence-electron chi connectivity index (χ1n) is 8.43. The van der Waals surface area contributed by atoms with Gasteiger partial charge in [-0.05, 0) is 18.6 Å². The molecule has 3 unspecified atom stereocenters. The lowest BCUT2D eigenvalue weighted by Gasteiger charge is -2.38. The molecular weight excluding hydrogens is 302 g/mol. The van der Waals surface area contributed by atoms with Gasteiger partial charge in [0, 0.05) is 12.1 Å². The average molecular weight is 323 g/mol. The topological polar surface area (TPSA) is 38.8 Å². The highest BCUT2D eigenvalue weighted by Gasteiger charge is 2.37. The zero-order valence-corrected chi connectivity index (χ0v) is 13.7. The second kappa shape index (κ2) is 6.29. The minimum absolute atomic E-state index is 0.0190. The molecule has 2 aromatic rings. The van der Waals surface area contributed by atoms with Gasteiger partial charge >= 0.3 is 0 Å². The Morgan fingerprint density at radius 1 is 1.04 bits per heavy atom. The standard InChI is InChI=1S/C20H21NO3/c1-14-11-21(12-19(24-14)15-7-3-2-4-8-15)20(22)17-13-23-18-10-6-5-9-16(17)18/h2-10,14,17,19H,11-13H2,1H3. The largest absolute Gasteiger partial charge is 0.492 e. The Hall–Kier alpha value is -2.33. The molecule has 0 aromatic heterocycles. The minimum Gasteiger partial charge on any atom is -0.492 e. The second-order valence-corrected chi connectivity index (χ2v) is 6.49. The van der Waals surface area contributed by atoms with Crippen molar-refractivity contribution in [1.82, 2.24) is 4.90 Å². The van der Waals surface area contributed by atoms with E-state index < -0.39 is 0 Å². The van der Waals surface area contributed by atoms with Crippen LogP contribution in [0.1, 0.15) is 30.1 Å². The van der Waals surface area contributed by atoms with Crippen LogP contribution in [0.25, 0.3) is 0 Å². The fraction of sp³-hybridized carbons (Fsp3) is 0.350. The molecule has 2 aliphatic heterocycles. The van der Waals surface area contributed by atoms with Crippen molar-refractivity contribution in [2.45, 2.75) is 25.0 Å². The Morgan fingerprint density at radius 2 is 1.79 bits per heavy atom. The molecular formula is C20H21NO3. The van der Waals surface area contributed by atoms with Crippen molar-refractivity contribution in [2.75, 3.05) is 19.7 Å².